The summed E-state index contributed by atoms with van der Waals surface area (Å²) < 4.78 is 23.0. The number of nitrogen functional groups attached to an aromatic ring is 1. The molecular formula is C11H17N3O2S. The Balaban J connectivity index is 2.26. The Morgan fingerprint density at radius 3 is 2.82 bits per heavy atom. The van der Waals surface area contributed by atoms with Gasteiger partial charge in [-0.1, -0.05) is 0 Å². The standard InChI is InChI=1S/C11H17N3O2S/c1-8-6-13-11(5-10(8)12)14-3-4-17(15,16)7-9(14)2/h5-6,9H,3-4,7H2,1-2H3,(H2,12,13). The predicted octanol–water partition coefficient (Wildman–Crippen LogP) is 0.596. The van der Waals surface area contributed by atoms with E-state index in [1.54, 1.807) is 6.20 Å². The Morgan fingerprint density at radius 1 is 1.53 bits per heavy atom. The molecule has 17 heavy (non-hydrogen) atoms. The quantitative estimate of drug-likeness (QED) is 0.795. The zero-order valence-corrected chi connectivity index (χ0v) is 10.9. The van der Waals surface area contributed by atoms with Gasteiger partial charge in [-0.2, -0.15) is 0 Å². The Labute approximate surface area is 102 Å². The Hall–Kier alpha value is -1.30. The highest BCUT2D eigenvalue weighted by atomic mass is 32.2. The van der Waals surface area contributed by atoms with Crippen molar-refractivity contribution in [2.45, 2.75) is 19.9 Å². The molecule has 1 aliphatic rings. The van der Waals surface area contributed by atoms with Crippen LogP contribution in [0.1, 0.15) is 12.5 Å². The number of aromatic nitrogens is 1. The van der Waals surface area contributed by atoms with Crippen molar-refractivity contribution in [1.29, 1.82) is 0 Å². The van der Waals surface area contributed by atoms with E-state index >= 15 is 0 Å². The van der Waals surface area contributed by atoms with Crippen molar-refractivity contribution in [3.63, 3.8) is 0 Å². The number of rotatable bonds is 1. The molecule has 1 saturated heterocycles. The molecule has 0 amide bonds. The predicted molar refractivity (Wildman–Crippen MR) is 68.8 cm³/mol. The number of aryl methyl sites for hydroxylation is 1. The fourth-order valence-electron chi connectivity index (χ4n) is 2.02. The van der Waals surface area contributed by atoms with Crippen LogP contribution in [-0.2, 0) is 9.84 Å². The molecule has 0 saturated carbocycles. The van der Waals surface area contributed by atoms with Crippen molar-refractivity contribution in [3.05, 3.63) is 17.8 Å². The lowest BCUT2D eigenvalue weighted by Crippen LogP contribution is -2.47. The molecule has 2 N–H and O–H groups in total. The van der Waals surface area contributed by atoms with Crippen LogP contribution in [0, 0.1) is 6.92 Å². The van der Waals surface area contributed by atoms with E-state index in [0.717, 1.165) is 11.4 Å². The van der Waals surface area contributed by atoms with E-state index in [0.29, 0.717) is 12.2 Å². The minimum atomic E-state index is -2.89. The summed E-state index contributed by atoms with van der Waals surface area (Å²) in [7, 11) is -2.89. The summed E-state index contributed by atoms with van der Waals surface area (Å²) in [4.78, 5) is 6.31. The van der Waals surface area contributed by atoms with Crippen LogP contribution in [-0.4, -0.2) is 37.5 Å². The minimum Gasteiger partial charge on any atom is -0.398 e. The zero-order chi connectivity index (χ0) is 12.6. The van der Waals surface area contributed by atoms with E-state index in [1.807, 2.05) is 24.8 Å². The minimum absolute atomic E-state index is 0.0524. The molecule has 1 fully saturated rings. The lowest BCUT2D eigenvalue weighted by atomic mass is 10.2. The van der Waals surface area contributed by atoms with E-state index in [-0.39, 0.29) is 17.5 Å². The topological polar surface area (TPSA) is 76.3 Å². The first-order valence-corrected chi connectivity index (χ1v) is 7.40. The summed E-state index contributed by atoms with van der Waals surface area (Å²) in [6.45, 7) is 4.28. The second kappa shape index (κ2) is 4.18. The monoisotopic (exact) mass is 255 g/mol. The molecule has 0 bridgehead atoms. The molecule has 0 radical (unpaired) electrons. The van der Waals surface area contributed by atoms with E-state index in [9.17, 15) is 8.42 Å². The van der Waals surface area contributed by atoms with Gasteiger partial charge in [-0.05, 0) is 19.4 Å². The third-order valence-electron chi connectivity index (χ3n) is 3.10. The van der Waals surface area contributed by atoms with Gasteiger partial charge in [-0.15, -0.1) is 0 Å². The second-order valence-electron chi connectivity index (χ2n) is 4.56. The number of pyridine rings is 1. The van der Waals surface area contributed by atoms with Crippen LogP contribution < -0.4 is 10.6 Å². The molecule has 6 heteroatoms. The van der Waals surface area contributed by atoms with Gasteiger partial charge in [-0.25, -0.2) is 13.4 Å². The average molecular weight is 255 g/mol. The first-order valence-electron chi connectivity index (χ1n) is 5.58. The normalized spacial score (nSPS) is 23.6. The van der Waals surface area contributed by atoms with E-state index in [4.69, 9.17) is 5.73 Å². The maximum absolute atomic E-state index is 11.5. The van der Waals surface area contributed by atoms with Gasteiger partial charge in [0.25, 0.3) is 0 Å². The molecule has 1 atom stereocenters. The summed E-state index contributed by atoms with van der Waals surface area (Å²) in [6, 6.07) is 1.76. The lowest BCUT2D eigenvalue weighted by Gasteiger charge is -2.34. The van der Waals surface area contributed by atoms with Crippen LogP contribution >= 0.6 is 0 Å². The third-order valence-corrected chi connectivity index (χ3v) is 4.89. The summed E-state index contributed by atoms with van der Waals surface area (Å²) in [5, 5.41) is 0. The number of nitrogens with two attached hydrogens (primary N) is 1. The van der Waals surface area contributed by atoms with Crippen molar-refractivity contribution >= 4 is 21.3 Å². The lowest BCUT2D eigenvalue weighted by molar-refractivity contribution is 0.567. The zero-order valence-electron chi connectivity index (χ0n) is 10.0. The Bertz CT molecular complexity index is 528. The SMILES string of the molecule is Cc1cnc(N2CCS(=O)(=O)CC2C)cc1N. The first-order chi connectivity index (χ1) is 7.89. The maximum atomic E-state index is 11.5. The van der Waals surface area contributed by atoms with Gasteiger partial charge in [-0.3, -0.25) is 0 Å². The summed E-state index contributed by atoms with van der Waals surface area (Å²) >= 11 is 0. The van der Waals surface area contributed by atoms with Gasteiger partial charge in [0.1, 0.15) is 5.82 Å². The highest BCUT2D eigenvalue weighted by Gasteiger charge is 2.28. The van der Waals surface area contributed by atoms with Crippen molar-refractivity contribution in [2.75, 3.05) is 28.7 Å². The van der Waals surface area contributed by atoms with E-state index in [1.165, 1.54) is 0 Å². The smallest absolute Gasteiger partial charge is 0.154 e. The molecule has 1 aromatic rings. The van der Waals surface area contributed by atoms with Gasteiger partial charge in [0.2, 0.25) is 0 Å². The summed E-state index contributed by atoms with van der Waals surface area (Å²) in [5.74, 6) is 1.13. The molecule has 94 valence electrons. The van der Waals surface area contributed by atoms with Gasteiger partial charge >= 0.3 is 0 Å². The summed E-state index contributed by atoms with van der Waals surface area (Å²) in [5.41, 5.74) is 7.47. The maximum Gasteiger partial charge on any atom is 0.154 e. The number of hydrogen-bond donors (Lipinski definition) is 1. The van der Waals surface area contributed by atoms with Gasteiger partial charge in [0.15, 0.2) is 9.84 Å². The van der Waals surface area contributed by atoms with E-state index in [2.05, 4.69) is 4.98 Å². The van der Waals surface area contributed by atoms with Crippen LogP contribution in [0.25, 0.3) is 0 Å². The van der Waals surface area contributed by atoms with Gasteiger partial charge in [0, 0.05) is 30.5 Å². The fraction of sp³-hybridized carbons (Fsp3) is 0.545. The molecule has 5 nitrogen and oxygen atoms in total. The van der Waals surface area contributed by atoms with Gasteiger partial charge in [0.05, 0.1) is 11.5 Å². The number of hydrogen-bond acceptors (Lipinski definition) is 5. The third kappa shape index (κ3) is 2.52. The van der Waals surface area contributed by atoms with Crippen molar-refractivity contribution < 1.29 is 8.42 Å². The average Bonchev–Trinajstić information content (AvgIpc) is 2.21. The largest absolute Gasteiger partial charge is 0.398 e. The Kier molecular flexibility index (Phi) is 2.99. The molecule has 1 unspecified atom stereocenters. The van der Waals surface area contributed by atoms with Crippen LogP contribution in [0.5, 0.6) is 0 Å². The molecule has 1 aliphatic heterocycles. The van der Waals surface area contributed by atoms with Crippen LogP contribution in [0.3, 0.4) is 0 Å². The van der Waals surface area contributed by atoms with Crippen molar-refractivity contribution in [3.8, 4) is 0 Å². The van der Waals surface area contributed by atoms with Crippen LogP contribution in [0.4, 0.5) is 11.5 Å². The highest BCUT2D eigenvalue weighted by molar-refractivity contribution is 7.91. The van der Waals surface area contributed by atoms with Crippen LogP contribution in [0.2, 0.25) is 0 Å². The molecular weight excluding hydrogens is 238 g/mol. The number of sulfone groups is 1. The van der Waals surface area contributed by atoms with E-state index < -0.39 is 9.84 Å². The molecule has 0 spiro atoms. The molecule has 2 heterocycles. The Morgan fingerprint density at radius 2 is 2.24 bits per heavy atom. The fourth-order valence-corrected chi connectivity index (χ4v) is 3.58. The van der Waals surface area contributed by atoms with Crippen molar-refractivity contribution in [1.82, 2.24) is 4.98 Å². The summed E-state index contributed by atoms with van der Waals surface area (Å²) in [6.07, 6.45) is 1.72. The van der Waals surface area contributed by atoms with Crippen LogP contribution in [0.15, 0.2) is 12.3 Å². The second-order valence-corrected chi connectivity index (χ2v) is 6.78. The highest BCUT2D eigenvalue weighted by Crippen LogP contribution is 2.22. The van der Waals surface area contributed by atoms with Gasteiger partial charge < -0.3 is 10.6 Å². The van der Waals surface area contributed by atoms with Crippen molar-refractivity contribution in [2.24, 2.45) is 0 Å². The molecule has 0 aliphatic carbocycles. The molecule has 0 aromatic carbocycles. The number of nitrogens with zero attached hydrogens (tertiary/aromatic N) is 2. The molecule has 2 rings (SSSR count). The molecule has 1 aromatic heterocycles. The number of anilines is 2. The first kappa shape index (κ1) is 12.2.